The van der Waals surface area contributed by atoms with E-state index in [2.05, 4.69) is 16.0 Å². The largest absolute Gasteiger partial charge is 0.507 e. The molecule has 0 saturated carbocycles. The third kappa shape index (κ3) is 10.4. The predicted molar refractivity (Wildman–Crippen MR) is 138 cm³/mol. The second-order valence-electron chi connectivity index (χ2n) is 9.37. The number of ether oxygens (including phenoxy) is 2. The maximum atomic E-state index is 12.7. The summed E-state index contributed by atoms with van der Waals surface area (Å²) >= 11 is 0. The number of hydrogen-bond acceptors (Lipinski definition) is 8. The molecule has 0 aliphatic carbocycles. The summed E-state index contributed by atoms with van der Waals surface area (Å²) in [5.74, 6) is -1.61. The molecule has 2 aromatic rings. The fourth-order valence-corrected chi connectivity index (χ4v) is 3.43. The van der Waals surface area contributed by atoms with Gasteiger partial charge in [0.15, 0.2) is 0 Å². The molecule has 0 aliphatic heterocycles. The van der Waals surface area contributed by atoms with E-state index in [1.165, 1.54) is 19.2 Å². The van der Waals surface area contributed by atoms with Gasteiger partial charge in [-0.2, -0.15) is 0 Å². The molecule has 2 aromatic carbocycles. The molecule has 36 heavy (non-hydrogen) atoms. The van der Waals surface area contributed by atoms with Crippen LogP contribution in [0.3, 0.4) is 0 Å². The number of nitrogens with one attached hydrogen (secondary N) is 3. The van der Waals surface area contributed by atoms with E-state index in [-0.39, 0.29) is 30.2 Å². The lowest BCUT2D eigenvalue weighted by Crippen LogP contribution is -2.43. The maximum absolute atomic E-state index is 12.7. The molecule has 1 atom stereocenters. The summed E-state index contributed by atoms with van der Waals surface area (Å²) in [6.07, 6.45) is 1.95. The number of benzene rings is 2. The van der Waals surface area contributed by atoms with Crippen molar-refractivity contribution in [1.29, 1.82) is 0 Å². The summed E-state index contributed by atoms with van der Waals surface area (Å²) in [5, 5.41) is 19.3. The van der Waals surface area contributed by atoms with Crippen molar-refractivity contribution in [3.8, 4) is 5.75 Å². The standard InChI is InChI=1S/C27H37N3O6/c1-27(2,3)36-24(32)18-28-14-8-9-15-29-20-12-13-21(23(31)17-20)25(33)30-22(26(34)35-4)16-19-10-6-5-7-11-19/h5-7,10-13,17,22,28-29,31H,8-9,14-16,18H2,1-4H3,(H,30,33)/t22-/m0/s1. The highest BCUT2D eigenvalue weighted by Gasteiger charge is 2.24. The van der Waals surface area contributed by atoms with E-state index in [1.807, 2.05) is 51.1 Å². The van der Waals surface area contributed by atoms with Crippen molar-refractivity contribution < 1.29 is 29.0 Å². The normalized spacial score (nSPS) is 11.9. The molecule has 0 unspecified atom stereocenters. The second kappa shape index (κ2) is 14.1. The number of aromatic hydroxyl groups is 1. The van der Waals surface area contributed by atoms with Gasteiger partial charge in [0.2, 0.25) is 0 Å². The van der Waals surface area contributed by atoms with Crippen LogP contribution in [-0.4, -0.2) is 61.3 Å². The lowest BCUT2D eigenvalue weighted by atomic mass is 10.1. The van der Waals surface area contributed by atoms with Crippen LogP contribution in [0.25, 0.3) is 0 Å². The molecule has 9 heteroatoms. The minimum Gasteiger partial charge on any atom is -0.507 e. The van der Waals surface area contributed by atoms with E-state index >= 15 is 0 Å². The molecule has 0 saturated heterocycles. The van der Waals surface area contributed by atoms with Crippen molar-refractivity contribution in [2.45, 2.75) is 51.7 Å². The number of esters is 2. The number of hydrogen-bond donors (Lipinski definition) is 4. The van der Waals surface area contributed by atoms with E-state index in [9.17, 15) is 19.5 Å². The van der Waals surface area contributed by atoms with Crippen LogP contribution in [0.15, 0.2) is 48.5 Å². The Bertz CT molecular complexity index is 1000. The Morgan fingerprint density at radius 1 is 1.00 bits per heavy atom. The molecule has 0 aromatic heterocycles. The third-order valence-electron chi connectivity index (χ3n) is 5.11. The Morgan fingerprint density at radius 2 is 1.69 bits per heavy atom. The van der Waals surface area contributed by atoms with Gasteiger partial charge in [-0.3, -0.25) is 9.59 Å². The van der Waals surface area contributed by atoms with Gasteiger partial charge >= 0.3 is 11.9 Å². The van der Waals surface area contributed by atoms with E-state index < -0.39 is 23.5 Å². The number of carbonyl (C=O) groups excluding carboxylic acids is 3. The minimum absolute atomic E-state index is 0.0638. The molecule has 0 spiro atoms. The van der Waals surface area contributed by atoms with Crippen LogP contribution in [0.2, 0.25) is 0 Å². The fraction of sp³-hybridized carbons (Fsp3) is 0.444. The molecule has 9 nitrogen and oxygen atoms in total. The highest BCUT2D eigenvalue weighted by atomic mass is 16.6. The molecule has 0 bridgehead atoms. The summed E-state index contributed by atoms with van der Waals surface area (Å²) in [6.45, 7) is 7.00. The quantitative estimate of drug-likeness (QED) is 0.245. The van der Waals surface area contributed by atoms with Gasteiger partial charge in [-0.15, -0.1) is 0 Å². The topological polar surface area (TPSA) is 126 Å². The summed E-state index contributed by atoms with van der Waals surface area (Å²) in [6, 6.07) is 13.1. The first-order valence-corrected chi connectivity index (χ1v) is 12.0. The number of rotatable bonds is 13. The molecule has 4 N–H and O–H groups in total. The van der Waals surface area contributed by atoms with Crippen molar-refractivity contribution in [1.82, 2.24) is 10.6 Å². The first-order valence-electron chi connectivity index (χ1n) is 12.0. The lowest BCUT2D eigenvalue weighted by molar-refractivity contribution is -0.153. The van der Waals surface area contributed by atoms with Crippen molar-refractivity contribution in [3.05, 3.63) is 59.7 Å². The van der Waals surface area contributed by atoms with Crippen molar-refractivity contribution in [2.24, 2.45) is 0 Å². The summed E-state index contributed by atoms with van der Waals surface area (Å²) in [7, 11) is 1.27. The molecule has 196 valence electrons. The van der Waals surface area contributed by atoms with Crippen LogP contribution in [0.4, 0.5) is 5.69 Å². The van der Waals surface area contributed by atoms with Gasteiger partial charge in [-0.25, -0.2) is 4.79 Å². The highest BCUT2D eigenvalue weighted by molar-refractivity contribution is 5.99. The number of anilines is 1. The Balaban J connectivity index is 1.79. The van der Waals surface area contributed by atoms with Crippen LogP contribution >= 0.6 is 0 Å². The average Bonchev–Trinajstić information content (AvgIpc) is 2.82. The fourth-order valence-electron chi connectivity index (χ4n) is 3.43. The number of unbranched alkanes of at least 4 members (excludes halogenated alkanes) is 1. The summed E-state index contributed by atoms with van der Waals surface area (Å²) in [5.41, 5.74) is 1.11. The number of amides is 1. The van der Waals surface area contributed by atoms with E-state index in [0.717, 1.165) is 18.4 Å². The smallest absolute Gasteiger partial charge is 0.328 e. The van der Waals surface area contributed by atoms with Crippen LogP contribution in [0.5, 0.6) is 5.75 Å². The van der Waals surface area contributed by atoms with Crippen molar-refractivity contribution in [3.63, 3.8) is 0 Å². The first kappa shape index (κ1) is 28.6. The lowest BCUT2D eigenvalue weighted by Gasteiger charge is -2.19. The van der Waals surface area contributed by atoms with E-state index in [1.54, 1.807) is 6.07 Å². The number of carbonyl (C=O) groups is 3. The van der Waals surface area contributed by atoms with Crippen molar-refractivity contribution >= 4 is 23.5 Å². The van der Waals surface area contributed by atoms with Gasteiger partial charge < -0.3 is 30.5 Å². The van der Waals surface area contributed by atoms with Crippen LogP contribution in [0.1, 0.15) is 49.5 Å². The molecular formula is C27H37N3O6. The molecule has 0 heterocycles. The molecule has 0 radical (unpaired) electrons. The van der Waals surface area contributed by atoms with Crippen LogP contribution in [0, 0.1) is 0 Å². The van der Waals surface area contributed by atoms with Gasteiger partial charge in [0.1, 0.15) is 17.4 Å². The molecule has 1 amide bonds. The minimum atomic E-state index is -0.883. The monoisotopic (exact) mass is 499 g/mol. The van der Waals surface area contributed by atoms with Gasteiger partial charge in [-0.1, -0.05) is 30.3 Å². The van der Waals surface area contributed by atoms with Crippen molar-refractivity contribution in [2.75, 3.05) is 32.1 Å². The molecule has 2 rings (SSSR count). The first-order chi connectivity index (χ1) is 17.1. The predicted octanol–water partition coefficient (Wildman–Crippen LogP) is 3.03. The molecule has 0 aliphatic rings. The van der Waals surface area contributed by atoms with Crippen LogP contribution in [-0.2, 0) is 25.5 Å². The van der Waals surface area contributed by atoms with E-state index in [4.69, 9.17) is 9.47 Å². The zero-order chi connectivity index (χ0) is 26.6. The summed E-state index contributed by atoms with van der Waals surface area (Å²) in [4.78, 5) is 36.6. The Hall–Kier alpha value is -3.59. The van der Waals surface area contributed by atoms with Crippen LogP contribution < -0.4 is 16.0 Å². The summed E-state index contributed by atoms with van der Waals surface area (Å²) < 4.78 is 10.1. The molecular weight excluding hydrogens is 462 g/mol. The third-order valence-corrected chi connectivity index (χ3v) is 5.11. The van der Waals surface area contributed by atoms with Gasteiger partial charge in [-0.05, 0) is 57.9 Å². The number of phenolic OH excluding ortho intramolecular Hbond substituents is 1. The maximum Gasteiger partial charge on any atom is 0.328 e. The van der Waals surface area contributed by atoms with Gasteiger partial charge in [0.25, 0.3) is 5.91 Å². The molecule has 0 fully saturated rings. The Labute approximate surface area is 212 Å². The second-order valence-corrected chi connectivity index (χ2v) is 9.37. The highest BCUT2D eigenvalue weighted by Crippen LogP contribution is 2.22. The number of phenols is 1. The average molecular weight is 500 g/mol. The van der Waals surface area contributed by atoms with Gasteiger partial charge in [0.05, 0.1) is 19.2 Å². The van der Waals surface area contributed by atoms with Gasteiger partial charge in [0, 0.05) is 24.7 Å². The number of methoxy groups -OCH3 is 1. The Morgan fingerprint density at radius 3 is 2.33 bits per heavy atom. The SMILES string of the molecule is COC(=O)[C@H](Cc1ccccc1)NC(=O)c1ccc(NCCCCNCC(=O)OC(C)(C)C)cc1O. The van der Waals surface area contributed by atoms with E-state index in [0.29, 0.717) is 18.8 Å². The Kier molecular flexibility index (Phi) is 11.2. The zero-order valence-corrected chi connectivity index (χ0v) is 21.4. The zero-order valence-electron chi connectivity index (χ0n) is 21.4.